The number of allylic oxidation sites excluding steroid dienone is 1. The van der Waals surface area contributed by atoms with Crippen LogP contribution in [-0.4, -0.2) is 29.8 Å². The van der Waals surface area contributed by atoms with Gasteiger partial charge >= 0.3 is 23.9 Å². The van der Waals surface area contributed by atoms with E-state index >= 15 is 0 Å². The summed E-state index contributed by atoms with van der Waals surface area (Å²) in [7, 11) is 0. The first-order valence-electron chi connectivity index (χ1n) is 4.65. The van der Waals surface area contributed by atoms with Crippen molar-refractivity contribution >= 4 is 0 Å². The summed E-state index contributed by atoms with van der Waals surface area (Å²) in [6.45, 7) is 2.93. The Bertz CT molecular complexity index is 375. The lowest BCUT2D eigenvalue weighted by atomic mass is 10.0. The zero-order chi connectivity index (χ0) is 16.8. The smallest absolute Gasteiger partial charge is 0.457 e. The Balaban J connectivity index is 5.64. The average molecular weight is 322 g/mol. The second-order valence-electron chi connectivity index (χ2n) is 4.11. The normalized spacial score (nSPS) is 15.2. The predicted molar refractivity (Wildman–Crippen MR) is 46.3 cm³/mol. The fraction of sp³-hybridized carbons (Fsp3) is 0.778. The molecule has 0 radical (unpaired) electrons. The topological polar surface area (TPSA) is 9.23 Å². The highest BCUT2D eigenvalue weighted by Crippen LogP contribution is 2.55. The van der Waals surface area contributed by atoms with Crippen LogP contribution < -0.4 is 0 Å². The Labute approximate surface area is 106 Å². The molecule has 0 aliphatic carbocycles. The van der Waals surface area contributed by atoms with Gasteiger partial charge in [0.15, 0.2) is 5.76 Å². The molecule has 11 heteroatoms. The van der Waals surface area contributed by atoms with Crippen LogP contribution in [0.2, 0.25) is 0 Å². The van der Waals surface area contributed by atoms with Crippen LogP contribution >= 0.6 is 0 Å². The van der Waals surface area contributed by atoms with Crippen molar-refractivity contribution in [2.75, 3.05) is 0 Å². The first kappa shape index (κ1) is 18.8. The van der Waals surface area contributed by atoms with Crippen LogP contribution in [0.15, 0.2) is 12.3 Å². The van der Waals surface area contributed by atoms with Crippen molar-refractivity contribution in [3.05, 3.63) is 12.3 Å². The molecule has 120 valence electrons. The fourth-order valence-electron chi connectivity index (χ4n) is 0.907. The van der Waals surface area contributed by atoms with E-state index in [0.29, 0.717) is 13.8 Å². The minimum absolute atomic E-state index is 0.425. The molecule has 0 N–H and O–H groups in total. The standard InChI is InChI=1S/C9H8F10O/c1-4(20-5(2,3)10)6(11,12)7(13,14)8(15,16)9(17,18)19/h1H2,2-3H3. The molecule has 0 rings (SSSR count). The molecule has 0 fully saturated rings. The molecule has 0 spiro atoms. The van der Waals surface area contributed by atoms with E-state index in [0.717, 1.165) is 0 Å². The van der Waals surface area contributed by atoms with Gasteiger partial charge in [0.1, 0.15) is 0 Å². The summed E-state index contributed by atoms with van der Waals surface area (Å²) >= 11 is 0. The van der Waals surface area contributed by atoms with Crippen LogP contribution in [0.1, 0.15) is 13.8 Å². The number of halogens is 10. The van der Waals surface area contributed by atoms with Gasteiger partial charge in [0.2, 0.25) is 5.85 Å². The molecule has 0 aliphatic rings. The maximum Gasteiger partial charge on any atom is 0.460 e. The minimum atomic E-state index is -7.07. The molecule has 0 heterocycles. The minimum Gasteiger partial charge on any atom is -0.457 e. The van der Waals surface area contributed by atoms with E-state index < -0.39 is 35.6 Å². The number of hydrogen-bond donors (Lipinski definition) is 0. The largest absolute Gasteiger partial charge is 0.460 e. The van der Waals surface area contributed by atoms with E-state index in [1.54, 1.807) is 0 Å². The lowest BCUT2D eigenvalue weighted by molar-refractivity contribution is -0.394. The summed E-state index contributed by atoms with van der Waals surface area (Å²) in [6.07, 6.45) is -6.95. The van der Waals surface area contributed by atoms with Crippen molar-refractivity contribution in [2.24, 2.45) is 0 Å². The van der Waals surface area contributed by atoms with Crippen LogP contribution in [0, 0.1) is 0 Å². The van der Waals surface area contributed by atoms with Crippen LogP contribution in [0.4, 0.5) is 43.9 Å². The van der Waals surface area contributed by atoms with E-state index in [1.807, 2.05) is 0 Å². The molecule has 0 aromatic rings. The molecule has 20 heavy (non-hydrogen) atoms. The zero-order valence-corrected chi connectivity index (χ0v) is 9.89. The average Bonchev–Trinajstić information content (AvgIpc) is 2.12. The molecule has 0 bridgehead atoms. The van der Waals surface area contributed by atoms with Gasteiger partial charge < -0.3 is 4.74 Å². The van der Waals surface area contributed by atoms with Crippen molar-refractivity contribution in [2.45, 2.75) is 43.6 Å². The van der Waals surface area contributed by atoms with Crippen LogP contribution in [0.3, 0.4) is 0 Å². The molecule has 0 unspecified atom stereocenters. The third kappa shape index (κ3) is 3.11. The Morgan fingerprint density at radius 2 is 1.10 bits per heavy atom. The second-order valence-corrected chi connectivity index (χ2v) is 4.11. The van der Waals surface area contributed by atoms with E-state index in [-0.39, 0.29) is 0 Å². The number of ether oxygens (including phenoxy) is 1. The van der Waals surface area contributed by atoms with Gasteiger partial charge in [-0.25, -0.2) is 0 Å². The monoisotopic (exact) mass is 322 g/mol. The lowest BCUT2D eigenvalue weighted by Crippen LogP contribution is -2.61. The maximum atomic E-state index is 13.0. The molecule has 0 saturated carbocycles. The maximum absolute atomic E-state index is 13.0. The fourth-order valence-corrected chi connectivity index (χ4v) is 0.907. The van der Waals surface area contributed by atoms with E-state index in [4.69, 9.17) is 0 Å². The lowest BCUT2D eigenvalue weighted by Gasteiger charge is -2.35. The third-order valence-corrected chi connectivity index (χ3v) is 1.86. The summed E-state index contributed by atoms with van der Waals surface area (Å²) in [4.78, 5) is 0. The first-order valence-corrected chi connectivity index (χ1v) is 4.65. The zero-order valence-electron chi connectivity index (χ0n) is 9.89. The van der Waals surface area contributed by atoms with Crippen molar-refractivity contribution in [1.29, 1.82) is 0 Å². The Morgan fingerprint density at radius 1 is 0.750 bits per heavy atom. The van der Waals surface area contributed by atoms with Gasteiger partial charge in [0.05, 0.1) is 0 Å². The highest BCUT2D eigenvalue weighted by molar-refractivity contribution is 5.13. The Morgan fingerprint density at radius 3 is 1.35 bits per heavy atom. The molecule has 0 aromatic carbocycles. The van der Waals surface area contributed by atoms with Crippen LogP contribution in [0.5, 0.6) is 0 Å². The SMILES string of the molecule is C=C(OC(C)(C)F)C(F)(F)C(F)(F)C(F)(F)C(F)(F)F. The number of hydrogen-bond acceptors (Lipinski definition) is 1. The summed E-state index contributed by atoms with van der Waals surface area (Å²) in [5, 5.41) is 0. The van der Waals surface area contributed by atoms with Gasteiger partial charge in [-0.2, -0.15) is 43.9 Å². The Kier molecular flexibility index (Phi) is 4.42. The van der Waals surface area contributed by atoms with Gasteiger partial charge in [-0.05, 0) is 0 Å². The number of rotatable bonds is 5. The first-order chi connectivity index (χ1) is 8.38. The molecular weight excluding hydrogens is 314 g/mol. The number of alkyl halides is 10. The molecule has 0 atom stereocenters. The van der Waals surface area contributed by atoms with Gasteiger partial charge in [0.25, 0.3) is 0 Å². The molecule has 1 nitrogen and oxygen atoms in total. The van der Waals surface area contributed by atoms with E-state index in [9.17, 15) is 43.9 Å². The molecule has 0 saturated heterocycles. The van der Waals surface area contributed by atoms with Crippen LogP contribution in [-0.2, 0) is 4.74 Å². The van der Waals surface area contributed by atoms with Crippen molar-refractivity contribution < 1.29 is 48.6 Å². The third-order valence-electron chi connectivity index (χ3n) is 1.86. The molecule has 0 amide bonds. The molecular formula is C9H8F10O. The van der Waals surface area contributed by atoms with Gasteiger partial charge in [0, 0.05) is 13.8 Å². The summed E-state index contributed by atoms with van der Waals surface area (Å²) in [6, 6.07) is 0. The summed E-state index contributed by atoms with van der Waals surface area (Å²) < 4.78 is 128. The quantitative estimate of drug-likeness (QED) is 0.527. The highest BCUT2D eigenvalue weighted by atomic mass is 19.4. The second kappa shape index (κ2) is 4.69. The Hall–Kier alpha value is -1.16. The molecule has 0 aromatic heterocycles. The van der Waals surface area contributed by atoms with Gasteiger partial charge in [-0.15, -0.1) is 0 Å². The summed E-state index contributed by atoms with van der Waals surface area (Å²) in [5.74, 6) is -25.7. The summed E-state index contributed by atoms with van der Waals surface area (Å²) in [5.41, 5.74) is 0. The van der Waals surface area contributed by atoms with Crippen molar-refractivity contribution in [3.8, 4) is 0 Å². The predicted octanol–water partition coefficient (Wildman–Crippen LogP) is 4.69. The van der Waals surface area contributed by atoms with E-state index in [1.165, 1.54) is 0 Å². The van der Waals surface area contributed by atoms with Gasteiger partial charge in [-0.3, -0.25) is 0 Å². The molecule has 0 aliphatic heterocycles. The van der Waals surface area contributed by atoms with Gasteiger partial charge in [-0.1, -0.05) is 6.58 Å². The van der Waals surface area contributed by atoms with Crippen molar-refractivity contribution in [3.63, 3.8) is 0 Å². The van der Waals surface area contributed by atoms with E-state index in [2.05, 4.69) is 11.3 Å². The van der Waals surface area contributed by atoms with Crippen molar-refractivity contribution in [1.82, 2.24) is 0 Å². The highest BCUT2D eigenvalue weighted by Gasteiger charge is 2.83. The van der Waals surface area contributed by atoms with Crippen LogP contribution in [0.25, 0.3) is 0 Å².